The molecule has 0 unspecified atom stereocenters. The van der Waals surface area contributed by atoms with Gasteiger partial charge >= 0.3 is 18.0 Å². The molecule has 0 aromatic heterocycles. The zero-order chi connectivity index (χ0) is 15.1. The summed E-state index contributed by atoms with van der Waals surface area (Å²) in [5.41, 5.74) is 5.68. The smallest absolute Gasteiger partial charge is 0.412 e. The molecule has 0 saturated carbocycles. The summed E-state index contributed by atoms with van der Waals surface area (Å²) in [6.07, 6.45) is -1.06. The van der Waals surface area contributed by atoms with Crippen molar-refractivity contribution < 1.29 is 29.3 Å². The number of benzene rings is 1. The fourth-order valence-corrected chi connectivity index (χ4v) is 1.32. The predicted octanol–water partition coefficient (Wildman–Crippen LogP) is -0.186. The number of rotatable bonds is 6. The van der Waals surface area contributed by atoms with E-state index in [0.717, 1.165) is 0 Å². The molecule has 8 nitrogen and oxygen atoms in total. The molecule has 0 aliphatic rings. The molecule has 1 aromatic rings. The molecule has 0 saturated heterocycles. The van der Waals surface area contributed by atoms with Gasteiger partial charge in [-0.2, -0.15) is 0 Å². The second-order valence-corrected chi connectivity index (χ2v) is 3.93. The first kappa shape index (κ1) is 15.4. The van der Waals surface area contributed by atoms with E-state index in [2.05, 4.69) is 5.32 Å². The van der Waals surface area contributed by atoms with Crippen LogP contribution in [-0.2, 0) is 16.0 Å². The number of carbonyl (C=O) groups excluding carboxylic acids is 1. The van der Waals surface area contributed by atoms with Crippen LogP contribution in [0.1, 0.15) is 5.56 Å². The van der Waals surface area contributed by atoms with Crippen molar-refractivity contribution in [1.82, 2.24) is 5.32 Å². The minimum atomic E-state index is -1.24. The molecule has 0 radical (unpaired) electrons. The first-order chi connectivity index (χ1) is 9.38. The highest BCUT2D eigenvalue weighted by Gasteiger charge is 2.13. The summed E-state index contributed by atoms with van der Waals surface area (Å²) < 4.78 is 4.88. The Kier molecular flexibility index (Phi) is 5.48. The van der Waals surface area contributed by atoms with Crippen molar-refractivity contribution in [3.8, 4) is 5.75 Å². The van der Waals surface area contributed by atoms with E-state index in [1.807, 2.05) is 0 Å². The standard InChI is InChI=1S/C12H14N2O6/c13-9(11(17)18)6-14-12(19)20-8-3-1-2-7(4-8)5-10(15)16/h1-4,9H,5-6,13H2,(H,14,19)(H,15,16)(H,17,18)/t9-/m0/s1. The van der Waals surface area contributed by atoms with Crippen LogP contribution in [0, 0.1) is 0 Å². The van der Waals surface area contributed by atoms with Gasteiger partial charge in [-0.05, 0) is 17.7 Å². The maximum absolute atomic E-state index is 11.4. The molecule has 0 aliphatic heterocycles. The highest BCUT2D eigenvalue weighted by atomic mass is 16.6. The SMILES string of the molecule is N[C@@H](CNC(=O)Oc1cccc(CC(=O)O)c1)C(=O)O. The van der Waals surface area contributed by atoms with E-state index >= 15 is 0 Å². The largest absolute Gasteiger partial charge is 0.481 e. The van der Waals surface area contributed by atoms with Crippen LogP contribution in [0.25, 0.3) is 0 Å². The second-order valence-electron chi connectivity index (χ2n) is 3.93. The lowest BCUT2D eigenvalue weighted by molar-refractivity contribution is -0.138. The fraction of sp³-hybridized carbons (Fsp3) is 0.250. The third-order valence-corrected chi connectivity index (χ3v) is 2.25. The van der Waals surface area contributed by atoms with Crippen LogP contribution in [0.4, 0.5) is 4.79 Å². The number of ether oxygens (including phenoxy) is 1. The molecule has 108 valence electrons. The van der Waals surface area contributed by atoms with Crippen molar-refractivity contribution in [2.45, 2.75) is 12.5 Å². The molecule has 0 heterocycles. The first-order valence-electron chi connectivity index (χ1n) is 5.63. The molecule has 0 spiro atoms. The van der Waals surface area contributed by atoms with Crippen LogP contribution in [0.5, 0.6) is 5.75 Å². The molecule has 0 fully saturated rings. The summed E-state index contributed by atoms with van der Waals surface area (Å²) >= 11 is 0. The third-order valence-electron chi connectivity index (χ3n) is 2.25. The van der Waals surface area contributed by atoms with Crippen molar-refractivity contribution in [3.05, 3.63) is 29.8 Å². The minimum absolute atomic E-state index is 0.158. The van der Waals surface area contributed by atoms with Crippen molar-refractivity contribution in [2.24, 2.45) is 5.73 Å². The van der Waals surface area contributed by atoms with Crippen LogP contribution in [-0.4, -0.2) is 40.8 Å². The molecule has 1 atom stereocenters. The average Bonchev–Trinajstić information content (AvgIpc) is 2.35. The summed E-state index contributed by atoms with van der Waals surface area (Å²) in [6, 6.07) is 4.79. The molecule has 1 rings (SSSR count). The van der Waals surface area contributed by atoms with Gasteiger partial charge in [0.2, 0.25) is 0 Å². The predicted molar refractivity (Wildman–Crippen MR) is 67.4 cm³/mol. The van der Waals surface area contributed by atoms with Crippen molar-refractivity contribution in [2.75, 3.05) is 6.54 Å². The van der Waals surface area contributed by atoms with Crippen LogP contribution in [0.15, 0.2) is 24.3 Å². The number of nitrogens with two attached hydrogens (primary N) is 1. The number of aliphatic carboxylic acids is 2. The van der Waals surface area contributed by atoms with Crippen molar-refractivity contribution in [1.29, 1.82) is 0 Å². The van der Waals surface area contributed by atoms with E-state index < -0.39 is 24.1 Å². The molecular weight excluding hydrogens is 268 g/mol. The van der Waals surface area contributed by atoms with Gasteiger partial charge in [0.25, 0.3) is 0 Å². The van der Waals surface area contributed by atoms with Gasteiger partial charge in [0.1, 0.15) is 11.8 Å². The van der Waals surface area contributed by atoms with Crippen LogP contribution < -0.4 is 15.8 Å². The summed E-state index contributed by atoms with van der Waals surface area (Å²) in [5, 5.41) is 19.4. The Morgan fingerprint density at radius 3 is 2.60 bits per heavy atom. The maximum Gasteiger partial charge on any atom is 0.412 e. The maximum atomic E-state index is 11.4. The monoisotopic (exact) mass is 282 g/mol. The average molecular weight is 282 g/mol. The molecule has 1 aromatic carbocycles. The molecule has 0 bridgehead atoms. The lowest BCUT2D eigenvalue weighted by Gasteiger charge is -2.09. The lowest BCUT2D eigenvalue weighted by Crippen LogP contribution is -2.43. The third kappa shape index (κ3) is 5.36. The first-order valence-corrected chi connectivity index (χ1v) is 5.63. The van der Waals surface area contributed by atoms with Gasteiger partial charge in [0, 0.05) is 6.54 Å². The number of nitrogens with one attached hydrogen (secondary N) is 1. The quantitative estimate of drug-likeness (QED) is 0.567. The molecule has 0 aliphatic carbocycles. The Morgan fingerprint density at radius 1 is 1.30 bits per heavy atom. The van der Waals surface area contributed by atoms with Crippen molar-refractivity contribution >= 4 is 18.0 Å². The molecule has 1 amide bonds. The zero-order valence-electron chi connectivity index (χ0n) is 10.4. The molecule has 8 heteroatoms. The normalized spacial score (nSPS) is 11.4. The lowest BCUT2D eigenvalue weighted by atomic mass is 10.1. The van der Waals surface area contributed by atoms with E-state index in [4.69, 9.17) is 20.7 Å². The minimum Gasteiger partial charge on any atom is -0.481 e. The summed E-state index contributed by atoms with van der Waals surface area (Å²) in [7, 11) is 0. The van der Waals surface area contributed by atoms with Crippen LogP contribution in [0.2, 0.25) is 0 Å². The number of carboxylic acid groups (broad SMARTS) is 2. The van der Waals surface area contributed by atoms with Gasteiger partial charge in [0.05, 0.1) is 6.42 Å². The second kappa shape index (κ2) is 7.10. The van der Waals surface area contributed by atoms with Gasteiger partial charge in [-0.1, -0.05) is 12.1 Å². The molecule has 20 heavy (non-hydrogen) atoms. The summed E-state index contributed by atoms with van der Waals surface area (Å²) in [6.45, 7) is -0.275. The summed E-state index contributed by atoms with van der Waals surface area (Å²) in [5.74, 6) is -2.09. The van der Waals surface area contributed by atoms with E-state index in [1.54, 1.807) is 12.1 Å². The van der Waals surface area contributed by atoms with Crippen LogP contribution in [0.3, 0.4) is 0 Å². The number of amides is 1. The van der Waals surface area contributed by atoms with Gasteiger partial charge in [-0.15, -0.1) is 0 Å². The number of carbonyl (C=O) groups is 3. The number of carboxylic acids is 2. The van der Waals surface area contributed by atoms with Crippen LogP contribution >= 0.6 is 0 Å². The van der Waals surface area contributed by atoms with E-state index in [0.29, 0.717) is 5.56 Å². The van der Waals surface area contributed by atoms with Gasteiger partial charge in [-0.3, -0.25) is 9.59 Å². The highest BCUT2D eigenvalue weighted by Crippen LogP contribution is 2.13. The topological polar surface area (TPSA) is 139 Å². The molecule has 5 N–H and O–H groups in total. The van der Waals surface area contributed by atoms with E-state index in [1.165, 1.54) is 12.1 Å². The Balaban J connectivity index is 2.53. The van der Waals surface area contributed by atoms with E-state index in [-0.39, 0.29) is 18.7 Å². The van der Waals surface area contributed by atoms with Crippen molar-refractivity contribution in [3.63, 3.8) is 0 Å². The Labute approximate surface area is 114 Å². The van der Waals surface area contributed by atoms with E-state index in [9.17, 15) is 14.4 Å². The van der Waals surface area contributed by atoms with Gasteiger partial charge in [0.15, 0.2) is 0 Å². The zero-order valence-corrected chi connectivity index (χ0v) is 10.4. The fourth-order valence-electron chi connectivity index (χ4n) is 1.32. The van der Waals surface area contributed by atoms with Gasteiger partial charge in [-0.25, -0.2) is 4.79 Å². The Bertz CT molecular complexity index is 516. The highest BCUT2D eigenvalue weighted by molar-refractivity contribution is 5.76. The Hall–Kier alpha value is -2.61. The number of hydrogen-bond acceptors (Lipinski definition) is 5. The van der Waals surface area contributed by atoms with Gasteiger partial charge < -0.3 is 26.0 Å². The summed E-state index contributed by atoms with van der Waals surface area (Å²) in [4.78, 5) is 32.4. The number of hydrogen-bond donors (Lipinski definition) is 4. The molecular formula is C12H14N2O6. The Morgan fingerprint density at radius 2 is 2.00 bits per heavy atom.